The molecule has 100 valence electrons. The van der Waals surface area contributed by atoms with Crippen LogP contribution in [0.5, 0.6) is 0 Å². The van der Waals surface area contributed by atoms with Gasteiger partial charge in [-0.3, -0.25) is 0 Å². The summed E-state index contributed by atoms with van der Waals surface area (Å²) in [7, 11) is 0. The maximum absolute atomic E-state index is 6.79. The molecule has 0 amide bonds. The normalized spacial score (nSPS) is 12.6. The SMILES string of the molecule is Cc1cccc(C(Cl)c2c(C)ccc3ccccc23)c1. The standard InChI is InChI=1S/C19H17Cl/c1-13-6-5-8-16(12-13)19(20)18-14(2)10-11-15-7-3-4-9-17(15)18/h3-12,19H,1-2H3. The van der Waals surface area contributed by atoms with Gasteiger partial charge in [-0.1, -0.05) is 66.2 Å². The molecule has 0 N–H and O–H groups in total. The Labute approximate surface area is 125 Å². The second kappa shape index (κ2) is 5.30. The lowest BCUT2D eigenvalue weighted by Crippen LogP contribution is -1.98. The van der Waals surface area contributed by atoms with Gasteiger partial charge in [-0.05, 0) is 41.3 Å². The van der Waals surface area contributed by atoms with Crippen LogP contribution in [0.15, 0.2) is 60.7 Å². The molecule has 0 bridgehead atoms. The van der Waals surface area contributed by atoms with Crippen LogP contribution in [0.3, 0.4) is 0 Å². The Kier molecular flexibility index (Phi) is 3.50. The fourth-order valence-electron chi connectivity index (χ4n) is 2.74. The van der Waals surface area contributed by atoms with Gasteiger partial charge in [0.25, 0.3) is 0 Å². The molecule has 1 atom stereocenters. The molecule has 0 fully saturated rings. The predicted molar refractivity (Wildman–Crippen MR) is 87.6 cm³/mol. The fraction of sp³-hybridized carbons (Fsp3) is 0.158. The van der Waals surface area contributed by atoms with E-state index in [-0.39, 0.29) is 5.38 Å². The monoisotopic (exact) mass is 280 g/mol. The van der Waals surface area contributed by atoms with E-state index in [4.69, 9.17) is 11.6 Å². The van der Waals surface area contributed by atoms with E-state index >= 15 is 0 Å². The fourth-order valence-corrected chi connectivity index (χ4v) is 3.16. The van der Waals surface area contributed by atoms with E-state index in [1.54, 1.807) is 0 Å². The van der Waals surface area contributed by atoms with Crippen LogP contribution in [-0.4, -0.2) is 0 Å². The van der Waals surface area contributed by atoms with Gasteiger partial charge in [0.05, 0.1) is 5.38 Å². The minimum absolute atomic E-state index is 0.110. The molecule has 0 spiro atoms. The Morgan fingerprint density at radius 2 is 1.65 bits per heavy atom. The van der Waals surface area contributed by atoms with E-state index < -0.39 is 0 Å². The molecule has 1 unspecified atom stereocenters. The van der Waals surface area contributed by atoms with Crippen LogP contribution in [0.1, 0.15) is 27.6 Å². The summed E-state index contributed by atoms with van der Waals surface area (Å²) in [6, 6.07) is 21.2. The first-order valence-corrected chi connectivity index (χ1v) is 7.29. The van der Waals surface area contributed by atoms with Gasteiger partial charge in [0.15, 0.2) is 0 Å². The van der Waals surface area contributed by atoms with Crippen molar-refractivity contribution in [2.75, 3.05) is 0 Å². The third-order valence-electron chi connectivity index (χ3n) is 3.78. The van der Waals surface area contributed by atoms with Gasteiger partial charge in [-0.25, -0.2) is 0 Å². The topological polar surface area (TPSA) is 0 Å². The van der Waals surface area contributed by atoms with Crippen molar-refractivity contribution in [1.29, 1.82) is 0 Å². The predicted octanol–water partition coefficient (Wildman–Crippen LogP) is 5.78. The van der Waals surface area contributed by atoms with Crippen LogP contribution in [0.25, 0.3) is 10.8 Å². The summed E-state index contributed by atoms with van der Waals surface area (Å²) in [4.78, 5) is 0. The van der Waals surface area contributed by atoms with E-state index in [1.165, 1.54) is 27.5 Å². The molecule has 0 heterocycles. The second-order valence-electron chi connectivity index (χ2n) is 5.29. The molecule has 3 aromatic rings. The van der Waals surface area contributed by atoms with Crippen molar-refractivity contribution in [2.24, 2.45) is 0 Å². The summed E-state index contributed by atoms with van der Waals surface area (Å²) in [5.41, 5.74) is 4.86. The van der Waals surface area contributed by atoms with Gasteiger partial charge in [-0.15, -0.1) is 11.6 Å². The molecular weight excluding hydrogens is 264 g/mol. The Hall–Kier alpha value is -1.79. The summed E-state index contributed by atoms with van der Waals surface area (Å²) in [5.74, 6) is 0. The van der Waals surface area contributed by atoms with Crippen LogP contribution in [0.2, 0.25) is 0 Å². The maximum atomic E-state index is 6.79. The van der Waals surface area contributed by atoms with Crippen LogP contribution in [-0.2, 0) is 0 Å². The molecule has 0 aromatic heterocycles. The van der Waals surface area contributed by atoms with E-state index in [0.29, 0.717) is 0 Å². The first-order valence-electron chi connectivity index (χ1n) is 6.85. The number of aryl methyl sites for hydroxylation is 2. The highest BCUT2D eigenvalue weighted by atomic mass is 35.5. The molecule has 1 heteroatoms. The summed E-state index contributed by atoms with van der Waals surface area (Å²) < 4.78 is 0. The summed E-state index contributed by atoms with van der Waals surface area (Å²) >= 11 is 6.79. The third kappa shape index (κ3) is 2.32. The van der Waals surface area contributed by atoms with E-state index in [2.05, 4.69) is 74.5 Å². The van der Waals surface area contributed by atoms with Gasteiger partial charge in [-0.2, -0.15) is 0 Å². The minimum atomic E-state index is -0.110. The Morgan fingerprint density at radius 3 is 2.45 bits per heavy atom. The molecule has 0 radical (unpaired) electrons. The average molecular weight is 281 g/mol. The van der Waals surface area contributed by atoms with Crippen molar-refractivity contribution in [2.45, 2.75) is 19.2 Å². The molecule has 0 saturated heterocycles. The van der Waals surface area contributed by atoms with Crippen molar-refractivity contribution in [3.63, 3.8) is 0 Å². The first-order chi connectivity index (χ1) is 9.66. The summed E-state index contributed by atoms with van der Waals surface area (Å²) in [6.07, 6.45) is 0. The van der Waals surface area contributed by atoms with Gasteiger partial charge in [0, 0.05) is 0 Å². The zero-order chi connectivity index (χ0) is 14.1. The van der Waals surface area contributed by atoms with Crippen LogP contribution >= 0.6 is 11.6 Å². The van der Waals surface area contributed by atoms with Crippen molar-refractivity contribution in [3.8, 4) is 0 Å². The average Bonchev–Trinajstić information content (AvgIpc) is 2.46. The van der Waals surface area contributed by atoms with E-state index in [1.807, 2.05) is 0 Å². The number of halogens is 1. The molecule has 0 aliphatic carbocycles. The van der Waals surface area contributed by atoms with E-state index in [0.717, 1.165) is 5.56 Å². The van der Waals surface area contributed by atoms with Gasteiger partial charge < -0.3 is 0 Å². The number of fused-ring (bicyclic) bond motifs is 1. The number of hydrogen-bond donors (Lipinski definition) is 0. The number of rotatable bonds is 2. The lowest BCUT2D eigenvalue weighted by atomic mass is 9.93. The summed E-state index contributed by atoms with van der Waals surface area (Å²) in [5, 5.41) is 2.38. The molecule has 0 aliphatic heterocycles. The maximum Gasteiger partial charge on any atom is 0.0844 e. The molecular formula is C19H17Cl. The lowest BCUT2D eigenvalue weighted by Gasteiger charge is -2.17. The summed E-state index contributed by atoms with van der Waals surface area (Å²) in [6.45, 7) is 4.23. The largest absolute Gasteiger partial charge is 0.113 e. The third-order valence-corrected chi connectivity index (χ3v) is 4.25. The van der Waals surface area contributed by atoms with Crippen molar-refractivity contribution in [1.82, 2.24) is 0 Å². The number of benzene rings is 3. The number of hydrogen-bond acceptors (Lipinski definition) is 0. The Bertz CT molecular complexity index is 759. The lowest BCUT2D eigenvalue weighted by molar-refractivity contribution is 1.12. The quantitative estimate of drug-likeness (QED) is 0.522. The van der Waals surface area contributed by atoms with Gasteiger partial charge >= 0.3 is 0 Å². The molecule has 3 aromatic carbocycles. The van der Waals surface area contributed by atoms with Crippen molar-refractivity contribution < 1.29 is 0 Å². The van der Waals surface area contributed by atoms with Crippen LogP contribution in [0, 0.1) is 13.8 Å². The Morgan fingerprint density at radius 1 is 0.850 bits per heavy atom. The van der Waals surface area contributed by atoms with Crippen LogP contribution < -0.4 is 0 Å². The highest BCUT2D eigenvalue weighted by Gasteiger charge is 2.16. The molecule has 3 rings (SSSR count). The Balaban J connectivity index is 2.21. The number of alkyl halides is 1. The second-order valence-corrected chi connectivity index (χ2v) is 5.73. The smallest absolute Gasteiger partial charge is 0.0844 e. The highest BCUT2D eigenvalue weighted by Crippen LogP contribution is 2.36. The molecule has 0 aliphatic rings. The minimum Gasteiger partial charge on any atom is -0.113 e. The highest BCUT2D eigenvalue weighted by molar-refractivity contribution is 6.23. The zero-order valence-electron chi connectivity index (χ0n) is 11.7. The van der Waals surface area contributed by atoms with Crippen molar-refractivity contribution in [3.05, 3.63) is 82.9 Å². The van der Waals surface area contributed by atoms with E-state index in [9.17, 15) is 0 Å². The first kappa shape index (κ1) is 13.2. The molecule has 20 heavy (non-hydrogen) atoms. The molecule has 0 saturated carbocycles. The molecule has 0 nitrogen and oxygen atoms in total. The van der Waals surface area contributed by atoms with Gasteiger partial charge in [0.2, 0.25) is 0 Å². The zero-order valence-corrected chi connectivity index (χ0v) is 12.5. The van der Waals surface area contributed by atoms with Gasteiger partial charge in [0.1, 0.15) is 0 Å². The van der Waals surface area contributed by atoms with Crippen molar-refractivity contribution >= 4 is 22.4 Å². The van der Waals surface area contributed by atoms with Crippen LogP contribution in [0.4, 0.5) is 0 Å².